The number of hydrogen-bond donors (Lipinski definition) is 1. The van der Waals surface area contributed by atoms with Crippen LogP contribution in [-0.2, 0) is 19.1 Å². The first-order chi connectivity index (χ1) is 12.1. The van der Waals surface area contributed by atoms with Gasteiger partial charge in [-0.05, 0) is 24.3 Å². The van der Waals surface area contributed by atoms with Crippen molar-refractivity contribution in [2.75, 3.05) is 19.1 Å². The maximum Gasteiger partial charge on any atom is 0.355 e. The number of allylic oxidation sites excluding steroid dienone is 2. The van der Waals surface area contributed by atoms with Crippen LogP contribution in [0.2, 0.25) is 0 Å². The number of rotatable bonds is 3. The first-order valence-electron chi connectivity index (χ1n) is 7.25. The highest BCUT2D eigenvalue weighted by Gasteiger charge is 2.29. The SMILES string of the molecule is COC(=O)C1=C(C(=O)OC)N(c2ccc3[nH]ncc3c2F)C=CC=C1. The molecule has 25 heavy (non-hydrogen) atoms. The van der Waals surface area contributed by atoms with E-state index in [-0.39, 0.29) is 22.3 Å². The van der Waals surface area contributed by atoms with Gasteiger partial charge in [-0.25, -0.2) is 14.0 Å². The monoisotopic (exact) mass is 343 g/mol. The van der Waals surface area contributed by atoms with E-state index in [1.54, 1.807) is 18.2 Å². The van der Waals surface area contributed by atoms with Crippen LogP contribution in [0, 0.1) is 5.82 Å². The van der Waals surface area contributed by atoms with E-state index in [1.165, 1.54) is 43.7 Å². The highest BCUT2D eigenvalue weighted by molar-refractivity contribution is 6.05. The summed E-state index contributed by atoms with van der Waals surface area (Å²) in [6, 6.07) is 3.10. The molecule has 8 heteroatoms. The summed E-state index contributed by atoms with van der Waals surface area (Å²) >= 11 is 0. The maximum atomic E-state index is 14.9. The largest absolute Gasteiger partial charge is 0.465 e. The lowest BCUT2D eigenvalue weighted by Crippen LogP contribution is -2.27. The molecule has 0 fully saturated rings. The number of esters is 2. The lowest BCUT2D eigenvalue weighted by molar-refractivity contribution is -0.139. The second kappa shape index (κ2) is 6.60. The fourth-order valence-electron chi connectivity index (χ4n) is 2.51. The van der Waals surface area contributed by atoms with E-state index in [0.717, 1.165) is 0 Å². The average molecular weight is 343 g/mol. The average Bonchev–Trinajstić information content (AvgIpc) is 3.01. The number of aromatic amines is 1. The number of ether oxygens (including phenoxy) is 2. The number of halogens is 1. The summed E-state index contributed by atoms with van der Waals surface area (Å²) in [5.74, 6) is -2.14. The van der Waals surface area contributed by atoms with Gasteiger partial charge in [0.25, 0.3) is 0 Å². The van der Waals surface area contributed by atoms with Crippen molar-refractivity contribution in [2.45, 2.75) is 0 Å². The fraction of sp³-hybridized carbons (Fsp3) is 0.118. The summed E-state index contributed by atoms with van der Waals surface area (Å²) in [4.78, 5) is 25.7. The highest BCUT2D eigenvalue weighted by Crippen LogP contribution is 2.31. The van der Waals surface area contributed by atoms with Crippen molar-refractivity contribution < 1.29 is 23.5 Å². The number of H-pyrrole nitrogens is 1. The van der Waals surface area contributed by atoms with Crippen LogP contribution in [0.3, 0.4) is 0 Å². The Labute approximate surface area is 142 Å². The van der Waals surface area contributed by atoms with Crippen LogP contribution < -0.4 is 4.90 Å². The van der Waals surface area contributed by atoms with Gasteiger partial charge in [0, 0.05) is 6.20 Å². The van der Waals surface area contributed by atoms with E-state index >= 15 is 0 Å². The number of aromatic nitrogens is 2. The summed E-state index contributed by atoms with van der Waals surface area (Å²) in [7, 11) is 2.37. The van der Waals surface area contributed by atoms with E-state index in [9.17, 15) is 14.0 Å². The molecule has 128 valence electrons. The van der Waals surface area contributed by atoms with Crippen LogP contribution in [0.15, 0.2) is 54.0 Å². The minimum Gasteiger partial charge on any atom is -0.465 e. The van der Waals surface area contributed by atoms with E-state index < -0.39 is 17.8 Å². The van der Waals surface area contributed by atoms with Crippen molar-refractivity contribution in [1.82, 2.24) is 10.2 Å². The zero-order valence-corrected chi connectivity index (χ0v) is 13.4. The molecule has 2 aromatic rings. The van der Waals surface area contributed by atoms with Crippen LogP contribution in [0.5, 0.6) is 0 Å². The molecule has 7 nitrogen and oxygen atoms in total. The second-order valence-corrected chi connectivity index (χ2v) is 5.05. The number of nitrogens with one attached hydrogen (secondary N) is 1. The number of fused-ring (bicyclic) bond motifs is 1. The van der Waals surface area contributed by atoms with Crippen LogP contribution in [-0.4, -0.2) is 36.4 Å². The molecule has 0 unspecified atom stereocenters. The van der Waals surface area contributed by atoms with Gasteiger partial charge in [-0.2, -0.15) is 5.10 Å². The first kappa shape index (κ1) is 16.4. The molecule has 1 aliphatic rings. The normalized spacial score (nSPS) is 14.0. The number of benzene rings is 1. The fourth-order valence-corrected chi connectivity index (χ4v) is 2.51. The van der Waals surface area contributed by atoms with E-state index in [0.29, 0.717) is 5.52 Å². The molecular weight excluding hydrogens is 329 g/mol. The van der Waals surface area contributed by atoms with Crippen LogP contribution in [0.1, 0.15) is 0 Å². The van der Waals surface area contributed by atoms with Gasteiger partial charge in [-0.1, -0.05) is 6.08 Å². The standard InChI is InChI=1S/C17H14FN3O4/c1-24-16(22)10-5-3-4-8-21(15(10)17(23)25-2)13-7-6-12-11(14(13)18)9-19-20-12/h3-9H,1-2H3,(H,19,20). The van der Waals surface area contributed by atoms with Crippen molar-refractivity contribution in [1.29, 1.82) is 0 Å². The molecule has 0 saturated carbocycles. The smallest absolute Gasteiger partial charge is 0.355 e. The lowest BCUT2D eigenvalue weighted by Gasteiger charge is -2.23. The second-order valence-electron chi connectivity index (χ2n) is 5.05. The van der Waals surface area contributed by atoms with Gasteiger partial charge in [0.05, 0.1) is 42.6 Å². The number of carbonyl (C=O) groups is 2. The molecule has 1 N–H and O–H groups in total. The Hall–Kier alpha value is -3.42. The van der Waals surface area contributed by atoms with Crippen molar-refractivity contribution in [3.63, 3.8) is 0 Å². The predicted molar refractivity (Wildman–Crippen MR) is 87.9 cm³/mol. The molecule has 2 heterocycles. The minimum atomic E-state index is -0.803. The Morgan fingerprint density at radius 1 is 1.16 bits per heavy atom. The number of methoxy groups -OCH3 is 2. The van der Waals surface area contributed by atoms with E-state index in [2.05, 4.69) is 10.2 Å². The molecule has 0 aliphatic carbocycles. The number of anilines is 1. The lowest BCUT2D eigenvalue weighted by atomic mass is 10.1. The molecule has 1 aliphatic heterocycles. The molecular formula is C17H14FN3O4. The summed E-state index contributed by atoms with van der Waals surface area (Å²) in [5, 5.41) is 6.73. The zero-order valence-electron chi connectivity index (χ0n) is 13.4. The molecule has 0 atom stereocenters. The Kier molecular flexibility index (Phi) is 4.34. The third-order valence-electron chi connectivity index (χ3n) is 3.69. The van der Waals surface area contributed by atoms with Crippen molar-refractivity contribution >= 4 is 28.5 Å². The van der Waals surface area contributed by atoms with Crippen LogP contribution in [0.4, 0.5) is 10.1 Å². The summed E-state index contributed by atoms with van der Waals surface area (Å²) < 4.78 is 24.4. The molecule has 0 bridgehead atoms. The van der Waals surface area contributed by atoms with Crippen molar-refractivity contribution in [3.8, 4) is 0 Å². The van der Waals surface area contributed by atoms with Crippen molar-refractivity contribution in [3.05, 3.63) is 59.8 Å². The van der Waals surface area contributed by atoms with Gasteiger partial charge < -0.3 is 14.4 Å². The summed E-state index contributed by atoms with van der Waals surface area (Å²) in [6.07, 6.45) is 7.32. The molecule has 1 aromatic carbocycles. The van der Waals surface area contributed by atoms with Gasteiger partial charge >= 0.3 is 11.9 Å². The Bertz CT molecular complexity index is 943. The third kappa shape index (κ3) is 2.78. The predicted octanol–water partition coefficient (Wildman–Crippen LogP) is 2.19. The molecule has 0 saturated heterocycles. The van der Waals surface area contributed by atoms with Gasteiger partial charge in [0.2, 0.25) is 0 Å². The van der Waals surface area contributed by atoms with Crippen LogP contribution in [0.25, 0.3) is 10.9 Å². The Morgan fingerprint density at radius 3 is 2.64 bits per heavy atom. The maximum absolute atomic E-state index is 14.9. The molecule has 1 aromatic heterocycles. The first-order valence-corrected chi connectivity index (χ1v) is 7.25. The quantitative estimate of drug-likeness (QED) is 0.860. The zero-order chi connectivity index (χ0) is 18.0. The molecule has 3 rings (SSSR count). The number of carbonyl (C=O) groups excluding carboxylic acids is 2. The number of hydrogen-bond acceptors (Lipinski definition) is 6. The minimum absolute atomic E-state index is 0.0500. The summed E-state index contributed by atoms with van der Waals surface area (Å²) in [5.41, 5.74) is 0.373. The Morgan fingerprint density at radius 2 is 1.92 bits per heavy atom. The summed E-state index contributed by atoms with van der Waals surface area (Å²) in [6.45, 7) is 0. The highest BCUT2D eigenvalue weighted by atomic mass is 19.1. The topological polar surface area (TPSA) is 84.5 Å². The number of nitrogens with zero attached hydrogens (tertiary/aromatic N) is 2. The van der Waals surface area contributed by atoms with Gasteiger partial charge in [-0.15, -0.1) is 0 Å². The van der Waals surface area contributed by atoms with Crippen molar-refractivity contribution in [2.24, 2.45) is 0 Å². The van der Waals surface area contributed by atoms with Gasteiger partial charge in [0.1, 0.15) is 5.70 Å². The van der Waals surface area contributed by atoms with E-state index in [1.807, 2.05) is 0 Å². The van der Waals surface area contributed by atoms with Crippen LogP contribution >= 0.6 is 0 Å². The van der Waals surface area contributed by atoms with Gasteiger partial charge in [-0.3, -0.25) is 5.10 Å². The molecule has 0 radical (unpaired) electrons. The molecule has 0 spiro atoms. The Balaban J connectivity index is 2.25. The van der Waals surface area contributed by atoms with E-state index in [4.69, 9.17) is 9.47 Å². The van der Waals surface area contributed by atoms with Gasteiger partial charge in [0.15, 0.2) is 5.82 Å². The third-order valence-corrected chi connectivity index (χ3v) is 3.69. The molecule has 0 amide bonds.